The lowest BCUT2D eigenvalue weighted by Gasteiger charge is -2.12. The van der Waals surface area contributed by atoms with Gasteiger partial charge in [0.25, 0.3) is 0 Å². The molecule has 2 aromatic carbocycles. The van der Waals surface area contributed by atoms with E-state index in [1.54, 1.807) is 66.5 Å². The zero-order chi connectivity index (χ0) is 23.4. The number of nitrogens with zero attached hydrogens (tertiary/aromatic N) is 3. The highest BCUT2D eigenvalue weighted by Crippen LogP contribution is 2.25. The number of benzene rings is 2. The first kappa shape index (κ1) is 22.1. The fourth-order valence-electron chi connectivity index (χ4n) is 3.52. The Kier molecular flexibility index (Phi) is 6.42. The summed E-state index contributed by atoms with van der Waals surface area (Å²) in [7, 11) is 1.79. The van der Waals surface area contributed by atoms with Crippen LogP contribution in [-0.2, 0) is 11.8 Å². The minimum absolute atomic E-state index is 0.308. The second-order valence-corrected chi connectivity index (χ2v) is 7.63. The number of carbonyl (C=O) groups excluding carboxylic acids is 1. The van der Waals surface area contributed by atoms with E-state index < -0.39 is 6.10 Å². The Labute approximate surface area is 191 Å². The lowest BCUT2D eigenvalue weighted by molar-refractivity contribution is -0.111. The highest BCUT2D eigenvalue weighted by molar-refractivity contribution is 6.02. The van der Waals surface area contributed by atoms with Gasteiger partial charge >= 0.3 is 0 Å². The Balaban J connectivity index is 1.44. The maximum absolute atomic E-state index is 13.3. The van der Waals surface area contributed by atoms with Gasteiger partial charge in [0.1, 0.15) is 11.9 Å². The molecule has 2 aromatic heterocycles. The van der Waals surface area contributed by atoms with Crippen molar-refractivity contribution in [3.05, 3.63) is 107 Å². The van der Waals surface area contributed by atoms with Crippen molar-refractivity contribution in [1.82, 2.24) is 14.8 Å². The number of carbonyl (C=O) groups is 1. The first-order valence-corrected chi connectivity index (χ1v) is 10.4. The number of rotatable bonds is 6. The second kappa shape index (κ2) is 9.58. The molecule has 1 atom stereocenters. The molecular formula is C26H23FN4O2. The van der Waals surface area contributed by atoms with Gasteiger partial charge in [-0.3, -0.25) is 14.5 Å². The number of aryl methyl sites for hydroxylation is 2. The van der Waals surface area contributed by atoms with Crippen LogP contribution >= 0.6 is 0 Å². The molecule has 4 rings (SSSR count). The van der Waals surface area contributed by atoms with E-state index >= 15 is 0 Å². The summed E-state index contributed by atoms with van der Waals surface area (Å²) in [4.78, 5) is 16.8. The standard InChI is InChI=1S/C26H23FN4O2/c1-17-4-3-5-23(29-17)26(33)19-8-13-22(14-9-19)30-24(32)15-10-20-16-28-31(2)25(20)18-6-11-21(27)12-7-18/h3-16,26,33H,1-2H3,(H,30,32)/b15-10+. The van der Waals surface area contributed by atoms with E-state index in [1.807, 2.05) is 19.1 Å². The van der Waals surface area contributed by atoms with Crippen molar-refractivity contribution in [3.8, 4) is 11.3 Å². The number of halogens is 1. The molecule has 166 valence electrons. The Morgan fingerprint density at radius 1 is 1.09 bits per heavy atom. The third-order valence-electron chi connectivity index (χ3n) is 5.18. The molecule has 2 N–H and O–H groups in total. The highest BCUT2D eigenvalue weighted by Gasteiger charge is 2.12. The zero-order valence-corrected chi connectivity index (χ0v) is 18.2. The molecule has 6 nitrogen and oxygen atoms in total. The van der Waals surface area contributed by atoms with Crippen LogP contribution in [0, 0.1) is 12.7 Å². The van der Waals surface area contributed by atoms with Crippen molar-refractivity contribution < 1.29 is 14.3 Å². The summed E-state index contributed by atoms with van der Waals surface area (Å²) in [6, 6.07) is 18.6. The van der Waals surface area contributed by atoms with E-state index in [9.17, 15) is 14.3 Å². The monoisotopic (exact) mass is 442 g/mol. The molecule has 0 aliphatic rings. The average Bonchev–Trinajstić information content (AvgIpc) is 3.18. The summed E-state index contributed by atoms with van der Waals surface area (Å²) in [6.45, 7) is 1.87. The van der Waals surface area contributed by atoms with Gasteiger partial charge in [0, 0.05) is 35.6 Å². The van der Waals surface area contributed by atoms with Crippen molar-refractivity contribution in [2.75, 3.05) is 5.32 Å². The first-order chi connectivity index (χ1) is 15.9. The maximum Gasteiger partial charge on any atom is 0.248 e. The molecule has 0 spiro atoms. The molecule has 0 saturated heterocycles. The van der Waals surface area contributed by atoms with Crippen molar-refractivity contribution in [3.63, 3.8) is 0 Å². The third kappa shape index (κ3) is 5.22. The third-order valence-corrected chi connectivity index (χ3v) is 5.18. The van der Waals surface area contributed by atoms with Gasteiger partial charge in [0.05, 0.1) is 17.6 Å². The second-order valence-electron chi connectivity index (χ2n) is 7.63. The van der Waals surface area contributed by atoms with Crippen molar-refractivity contribution in [2.45, 2.75) is 13.0 Å². The van der Waals surface area contributed by atoms with Crippen molar-refractivity contribution >= 4 is 17.7 Å². The van der Waals surface area contributed by atoms with Crippen LogP contribution in [0.3, 0.4) is 0 Å². The molecule has 4 aromatic rings. The van der Waals surface area contributed by atoms with Crippen LogP contribution in [0.2, 0.25) is 0 Å². The first-order valence-electron chi connectivity index (χ1n) is 10.4. The molecular weight excluding hydrogens is 419 g/mol. The number of aliphatic hydroxyl groups is 1. The van der Waals surface area contributed by atoms with Crippen LogP contribution in [-0.4, -0.2) is 25.8 Å². The molecule has 1 amide bonds. The highest BCUT2D eigenvalue weighted by atomic mass is 19.1. The van der Waals surface area contributed by atoms with Gasteiger partial charge in [-0.1, -0.05) is 18.2 Å². The smallest absolute Gasteiger partial charge is 0.248 e. The summed E-state index contributed by atoms with van der Waals surface area (Å²) in [5.41, 5.74) is 5.00. The van der Waals surface area contributed by atoms with Gasteiger partial charge in [-0.2, -0.15) is 5.10 Å². The van der Waals surface area contributed by atoms with Crippen LogP contribution in [0.15, 0.2) is 79.0 Å². The fraction of sp³-hybridized carbons (Fsp3) is 0.115. The lowest BCUT2D eigenvalue weighted by Crippen LogP contribution is -2.08. The molecule has 7 heteroatoms. The Hall–Kier alpha value is -4.10. The Morgan fingerprint density at radius 2 is 1.82 bits per heavy atom. The zero-order valence-electron chi connectivity index (χ0n) is 18.2. The minimum atomic E-state index is -0.843. The molecule has 33 heavy (non-hydrogen) atoms. The average molecular weight is 442 g/mol. The topological polar surface area (TPSA) is 80.0 Å². The number of aromatic nitrogens is 3. The van der Waals surface area contributed by atoms with Gasteiger partial charge in [0.2, 0.25) is 5.91 Å². The van der Waals surface area contributed by atoms with Crippen LogP contribution in [0.4, 0.5) is 10.1 Å². The summed E-state index contributed by atoms with van der Waals surface area (Å²) in [5, 5.41) is 17.6. The van der Waals surface area contributed by atoms with Crippen molar-refractivity contribution in [1.29, 1.82) is 0 Å². The van der Waals surface area contributed by atoms with Gasteiger partial charge in [-0.05, 0) is 67.1 Å². The Bertz CT molecular complexity index is 1290. The molecule has 0 fully saturated rings. The normalized spacial score (nSPS) is 12.1. The summed E-state index contributed by atoms with van der Waals surface area (Å²) in [5.74, 6) is -0.622. The minimum Gasteiger partial charge on any atom is -0.382 e. The number of hydrogen-bond donors (Lipinski definition) is 2. The number of hydrogen-bond acceptors (Lipinski definition) is 4. The molecule has 1 unspecified atom stereocenters. The quantitative estimate of drug-likeness (QED) is 0.426. The lowest BCUT2D eigenvalue weighted by atomic mass is 10.1. The van der Waals surface area contributed by atoms with E-state index in [2.05, 4.69) is 15.4 Å². The van der Waals surface area contributed by atoms with Gasteiger partial charge < -0.3 is 10.4 Å². The van der Waals surface area contributed by atoms with Crippen LogP contribution in [0.5, 0.6) is 0 Å². The van der Waals surface area contributed by atoms with E-state index in [4.69, 9.17) is 0 Å². The molecule has 2 heterocycles. The molecule has 0 aliphatic carbocycles. The van der Waals surface area contributed by atoms with E-state index in [1.165, 1.54) is 18.2 Å². The fourth-order valence-corrected chi connectivity index (χ4v) is 3.52. The van der Waals surface area contributed by atoms with Gasteiger partial charge in [-0.15, -0.1) is 0 Å². The molecule has 0 radical (unpaired) electrons. The molecule has 0 saturated carbocycles. The molecule has 0 bridgehead atoms. The summed E-state index contributed by atoms with van der Waals surface area (Å²) in [6.07, 6.45) is 3.90. The maximum atomic E-state index is 13.3. The Morgan fingerprint density at radius 3 is 2.52 bits per heavy atom. The van der Waals surface area contributed by atoms with Crippen LogP contribution < -0.4 is 5.32 Å². The van der Waals surface area contributed by atoms with E-state index in [0.29, 0.717) is 16.9 Å². The number of pyridine rings is 1. The van der Waals surface area contributed by atoms with Crippen molar-refractivity contribution in [2.24, 2.45) is 7.05 Å². The van der Waals surface area contributed by atoms with Crippen LogP contribution in [0.1, 0.15) is 28.6 Å². The molecule has 0 aliphatic heterocycles. The van der Waals surface area contributed by atoms with Crippen LogP contribution in [0.25, 0.3) is 17.3 Å². The van der Waals surface area contributed by atoms with E-state index in [-0.39, 0.29) is 11.7 Å². The van der Waals surface area contributed by atoms with Gasteiger partial charge in [-0.25, -0.2) is 4.39 Å². The van der Waals surface area contributed by atoms with Gasteiger partial charge in [0.15, 0.2) is 0 Å². The summed E-state index contributed by atoms with van der Waals surface area (Å²) < 4.78 is 14.9. The van der Waals surface area contributed by atoms with E-state index in [0.717, 1.165) is 22.5 Å². The predicted octanol–water partition coefficient (Wildman–Crippen LogP) is 4.66. The number of amides is 1. The number of aliphatic hydroxyl groups excluding tert-OH is 1. The summed E-state index contributed by atoms with van der Waals surface area (Å²) >= 11 is 0. The number of nitrogens with one attached hydrogen (secondary N) is 1. The predicted molar refractivity (Wildman–Crippen MR) is 126 cm³/mol. The number of anilines is 1. The SMILES string of the molecule is Cc1cccc(C(O)c2ccc(NC(=O)/C=C/c3cnn(C)c3-c3ccc(F)cc3)cc2)n1. The largest absolute Gasteiger partial charge is 0.382 e.